The summed E-state index contributed by atoms with van der Waals surface area (Å²) in [5.74, 6) is -2.43. The Balaban J connectivity index is 1.41. The summed E-state index contributed by atoms with van der Waals surface area (Å²) in [6.07, 6.45) is 8.51. The first-order chi connectivity index (χ1) is 18.6. The molecule has 204 valence electrons. The van der Waals surface area contributed by atoms with E-state index in [4.69, 9.17) is 9.26 Å². The molecule has 6 rings (SSSR count). The van der Waals surface area contributed by atoms with Gasteiger partial charge in [0.2, 0.25) is 17.7 Å². The minimum atomic E-state index is -1.35. The zero-order valence-electron chi connectivity index (χ0n) is 22.2. The van der Waals surface area contributed by atoms with Gasteiger partial charge < -0.3 is 19.9 Å². The minimum Gasteiger partial charge on any atom is -0.360 e. The van der Waals surface area contributed by atoms with Gasteiger partial charge in [-0.15, -0.1) is 0 Å². The maximum atomic E-state index is 14.3. The Morgan fingerprint density at radius 2 is 1.85 bits per heavy atom. The van der Waals surface area contributed by atoms with Crippen LogP contribution in [0.2, 0.25) is 0 Å². The lowest BCUT2D eigenvalue weighted by Gasteiger charge is -2.34. The molecule has 3 amide bonds. The highest BCUT2D eigenvalue weighted by molar-refractivity contribution is 6.12. The summed E-state index contributed by atoms with van der Waals surface area (Å²) in [6.45, 7) is 4.93. The van der Waals surface area contributed by atoms with Crippen LogP contribution in [0.1, 0.15) is 62.1 Å². The summed E-state index contributed by atoms with van der Waals surface area (Å²) in [5, 5.41) is 9.79. The normalized spacial score (nSPS) is 31.4. The van der Waals surface area contributed by atoms with Crippen molar-refractivity contribution in [1.29, 1.82) is 0 Å². The molecule has 4 heterocycles. The number of aromatic nitrogens is 1. The number of nitrogens with zero attached hydrogens (tertiary/aromatic N) is 2. The third-order valence-corrected chi connectivity index (χ3v) is 8.59. The van der Waals surface area contributed by atoms with Gasteiger partial charge in [-0.2, -0.15) is 0 Å². The van der Waals surface area contributed by atoms with E-state index in [-0.39, 0.29) is 23.6 Å². The molecule has 5 unspecified atom stereocenters. The van der Waals surface area contributed by atoms with Crippen molar-refractivity contribution in [3.05, 3.63) is 53.8 Å². The third-order valence-electron chi connectivity index (χ3n) is 8.59. The number of rotatable bonds is 6. The largest absolute Gasteiger partial charge is 0.360 e. The second kappa shape index (κ2) is 9.15. The molecule has 1 aromatic carbocycles. The first-order valence-corrected chi connectivity index (χ1v) is 13.5. The first-order valence-electron chi connectivity index (χ1n) is 13.5. The van der Waals surface area contributed by atoms with Crippen molar-refractivity contribution >= 4 is 35.0 Å². The third kappa shape index (κ3) is 4.00. The van der Waals surface area contributed by atoms with Crippen LogP contribution >= 0.6 is 0 Å². The van der Waals surface area contributed by atoms with Crippen molar-refractivity contribution in [2.45, 2.75) is 76.2 Å². The molecule has 1 spiro atoms. The first kappa shape index (κ1) is 25.5. The Morgan fingerprint density at radius 1 is 1.08 bits per heavy atom. The van der Waals surface area contributed by atoms with Crippen LogP contribution in [0.5, 0.6) is 0 Å². The standard InChI is InChI=1S/C29H32N4O6/c1-16-14-21(32-38-16)31-25(35)22-23-27(37)33(20-11-7-8-18(15-20)17(2)34)24(29(23)13-12-28(22,3)39-29)26(36)30-19-9-5-4-6-10-19/h7-8,11-15,19,22-24H,4-6,9-10H2,1-3H3,(H,30,36)(H,31,32,35). The monoisotopic (exact) mass is 532 g/mol. The van der Waals surface area contributed by atoms with Crippen LogP contribution in [-0.4, -0.2) is 51.9 Å². The SMILES string of the molecule is CC(=O)c1cccc(N2C(=O)C3C(C(=O)Nc4cc(C)on4)C4(C)C=CC3(O4)C2C(=O)NC2CCCCC2)c1. The molecule has 2 saturated heterocycles. The van der Waals surface area contributed by atoms with Crippen LogP contribution < -0.4 is 15.5 Å². The maximum Gasteiger partial charge on any atom is 0.246 e. The van der Waals surface area contributed by atoms with E-state index in [9.17, 15) is 19.2 Å². The molecule has 4 aliphatic rings. The van der Waals surface area contributed by atoms with Crippen molar-refractivity contribution in [3.63, 3.8) is 0 Å². The average Bonchev–Trinajstić information content (AvgIpc) is 3.61. The number of fused-ring (bicyclic) bond motifs is 1. The highest BCUT2D eigenvalue weighted by atomic mass is 16.5. The Labute approximate surface area is 226 Å². The molecule has 39 heavy (non-hydrogen) atoms. The van der Waals surface area contributed by atoms with Crippen LogP contribution in [0.25, 0.3) is 0 Å². The van der Waals surface area contributed by atoms with Gasteiger partial charge in [-0.1, -0.05) is 48.7 Å². The lowest BCUT2D eigenvalue weighted by atomic mass is 9.70. The Hall–Kier alpha value is -3.79. The number of hydrogen-bond acceptors (Lipinski definition) is 7. The van der Waals surface area contributed by atoms with Crippen LogP contribution in [0.15, 0.2) is 47.0 Å². The molecule has 3 aliphatic heterocycles. The summed E-state index contributed by atoms with van der Waals surface area (Å²) in [7, 11) is 0. The van der Waals surface area contributed by atoms with Crippen LogP contribution in [0.3, 0.4) is 0 Å². The number of Topliss-reactive ketones (excluding diaryl/α,β-unsaturated/α-hetero) is 1. The van der Waals surface area contributed by atoms with Gasteiger partial charge >= 0.3 is 0 Å². The Kier molecular flexibility index (Phi) is 5.98. The molecule has 2 bridgehead atoms. The lowest BCUT2D eigenvalue weighted by molar-refractivity contribution is -0.131. The van der Waals surface area contributed by atoms with Gasteiger partial charge in [-0.05, 0) is 45.7 Å². The van der Waals surface area contributed by atoms with E-state index in [1.54, 1.807) is 56.3 Å². The van der Waals surface area contributed by atoms with E-state index < -0.39 is 40.9 Å². The van der Waals surface area contributed by atoms with Gasteiger partial charge in [-0.25, -0.2) is 0 Å². The fourth-order valence-corrected chi connectivity index (χ4v) is 6.84. The van der Waals surface area contributed by atoms with Gasteiger partial charge in [0.1, 0.15) is 17.4 Å². The summed E-state index contributed by atoms with van der Waals surface area (Å²) in [5.41, 5.74) is -1.61. The number of ketones is 1. The van der Waals surface area contributed by atoms with Gasteiger partial charge in [-0.3, -0.25) is 24.1 Å². The number of aryl methyl sites for hydroxylation is 1. The smallest absolute Gasteiger partial charge is 0.246 e. The van der Waals surface area contributed by atoms with Crippen LogP contribution in [-0.2, 0) is 19.1 Å². The van der Waals surface area contributed by atoms with Crippen molar-refractivity contribution in [2.75, 3.05) is 10.2 Å². The maximum absolute atomic E-state index is 14.3. The molecule has 1 aliphatic carbocycles. The molecule has 1 saturated carbocycles. The van der Waals surface area contributed by atoms with Crippen LogP contribution in [0.4, 0.5) is 11.5 Å². The summed E-state index contributed by atoms with van der Waals surface area (Å²) in [6, 6.07) is 7.23. The van der Waals surface area contributed by atoms with Crippen molar-refractivity contribution in [2.24, 2.45) is 11.8 Å². The van der Waals surface area contributed by atoms with Gasteiger partial charge in [0.15, 0.2) is 11.6 Å². The number of carbonyl (C=O) groups is 4. The molecule has 3 fully saturated rings. The summed E-state index contributed by atoms with van der Waals surface area (Å²) in [4.78, 5) is 55.6. The number of amides is 3. The molecule has 1 aromatic heterocycles. The highest BCUT2D eigenvalue weighted by Gasteiger charge is 2.76. The molecular weight excluding hydrogens is 500 g/mol. The summed E-state index contributed by atoms with van der Waals surface area (Å²) < 4.78 is 11.6. The second-order valence-electron chi connectivity index (χ2n) is 11.3. The number of ether oxygens (including phenoxy) is 1. The lowest BCUT2D eigenvalue weighted by Crippen LogP contribution is -2.56. The average molecular weight is 533 g/mol. The van der Waals surface area contributed by atoms with E-state index in [0.717, 1.165) is 32.1 Å². The molecular formula is C29H32N4O6. The predicted molar refractivity (Wildman–Crippen MR) is 141 cm³/mol. The van der Waals surface area contributed by atoms with E-state index >= 15 is 0 Å². The zero-order valence-corrected chi connectivity index (χ0v) is 22.2. The zero-order chi connectivity index (χ0) is 27.5. The quantitative estimate of drug-likeness (QED) is 0.431. The van der Waals surface area contributed by atoms with E-state index in [2.05, 4.69) is 15.8 Å². The number of carbonyl (C=O) groups excluding carboxylic acids is 4. The molecule has 2 N–H and O–H groups in total. The van der Waals surface area contributed by atoms with Gasteiger partial charge in [0.05, 0.1) is 17.4 Å². The molecule has 0 radical (unpaired) electrons. The van der Waals surface area contributed by atoms with E-state index in [0.29, 0.717) is 17.0 Å². The van der Waals surface area contributed by atoms with Crippen molar-refractivity contribution in [1.82, 2.24) is 10.5 Å². The second-order valence-corrected chi connectivity index (χ2v) is 11.3. The topological polar surface area (TPSA) is 131 Å². The fraction of sp³-hybridized carbons (Fsp3) is 0.483. The van der Waals surface area contributed by atoms with E-state index in [1.807, 2.05) is 0 Å². The molecule has 5 atom stereocenters. The fourth-order valence-electron chi connectivity index (χ4n) is 6.84. The summed E-state index contributed by atoms with van der Waals surface area (Å²) >= 11 is 0. The number of anilines is 2. The Morgan fingerprint density at radius 3 is 2.54 bits per heavy atom. The molecule has 10 nitrogen and oxygen atoms in total. The Bertz CT molecular complexity index is 1390. The minimum absolute atomic E-state index is 0.00914. The predicted octanol–water partition coefficient (Wildman–Crippen LogP) is 3.32. The van der Waals surface area contributed by atoms with Crippen molar-refractivity contribution < 1.29 is 28.4 Å². The molecule has 10 heteroatoms. The van der Waals surface area contributed by atoms with E-state index in [1.165, 1.54) is 11.8 Å². The van der Waals surface area contributed by atoms with Gasteiger partial charge in [0, 0.05) is 23.4 Å². The molecule has 2 aromatic rings. The van der Waals surface area contributed by atoms with Crippen LogP contribution in [0, 0.1) is 18.8 Å². The van der Waals surface area contributed by atoms with Crippen molar-refractivity contribution in [3.8, 4) is 0 Å². The number of benzene rings is 1. The highest BCUT2D eigenvalue weighted by Crippen LogP contribution is 2.60. The number of nitrogens with one attached hydrogen (secondary N) is 2. The number of hydrogen-bond donors (Lipinski definition) is 2. The van der Waals surface area contributed by atoms with Gasteiger partial charge in [0.25, 0.3) is 0 Å².